The number of halogens is 1. The summed E-state index contributed by atoms with van der Waals surface area (Å²) in [6, 6.07) is 27.2. The number of amides is 1. The zero-order valence-corrected chi connectivity index (χ0v) is 20.0. The van der Waals surface area contributed by atoms with Crippen LogP contribution in [0, 0.1) is 5.92 Å². The number of hydrazone groups is 1. The van der Waals surface area contributed by atoms with Crippen molar-refractivity contribution in [3.8, 4) is 0 Å². The molecule has 0 unspecified atom stereocenters. The van der Waals surface area contributed by atoms with E-state index in [1.165, 1.54) is 16.3 Å². The van der Waals surface area contributed by atoms with Gasteiger partial charge in [-0.3, -0.25) is 9.69 Å². The fourth-order valence-corrected chi connectivity index (χ4v) is 4.91. The maximum absolute atomic E-state index is 12.8. The molecular formula is C28H26BrN3O. The molecule has 0 bridgehead atoms. The molecule has 1 aliphatic heterocycles. The molecule has 1 N–H and O–H groups in total. The molecule has 0 radical (unpaired) electrons. The third kappa shape index (κ3) is 5.00. The number of benzene rings is 4. The van der Waals surface area contributed by atoms with Gasteiger partial charge in [0.2, 0.25) is 5.91 Å². The quantitative estimate of drug-likeness (QED) is 0.204. The SMILES string of the molecule is O=C(N/N=C\c1c2ccccc2cc2ccccc12)C1CCN(Cc2ccc(Br)cc2)CC1. The Hall–Kier alpha value is -3.02. The van der Waals surface area contributed by atoms with Crippen molar-refractivity contribution in [2.75, 3.05) is 13.1 Å². The van der Waals surface area contributed by atoms with Crippen molar-refractivity contribution < 1.29 is 4.79 Å². The van der Waals surface area contributed by atoms with E-state index in [2.05, 4.69) is 86.0 Å². The molecule has 5 heteroatoms. The summed E-state index contributed by atoms with van der Waals surface area (Å²) in [5.41, 5.74) is 5.14. The Bertz CT molecular complexity index is 1250. The first kappa shape index (κ1) is 21.8. The van der Waals surface area contributed by atoms with Gasteiger partial charge in [-0.25, -0.2) is 5.43 Å². The second-order valence-corrected chi connectivity index (χ2v) is 9.56. The van der Waals surface area contributed by atoms with Crippen LogP contribution in [-0.2, 0) is 11.3 Å². The number of nitrogens with one attached hydrogen (secondary N) is 1. The number of nitrogens with zero attached hydrogens (tertiary/aromatic N) is 2. The number of rotatable bonds is 5. The lowest BCUT2D eigenvalue weighted by atomic mass is 9.96. The summed E-state index contributed by atoms with van der Waals surface area (Å²) in [5, 5.41) is 8.98. The molecule has 4 aromatic rings. The minimum Gasteiger partial charge on any atom is -0.299 e. The normalized spacial score (nSPS) is 15.4. The molecule has 1 heterocycles. The van der Waals surface area contributed by atoms with Gasteiger partial charge in [0.25, 0.3) is 0 Å². The van der Waals surface area contributed by atoms with Gasteiger partial charge in [0.15, 0.2) is 0 Å². The van der Waals surface area contributed by atoms with Crippen molar-refractivity contribution in [2.45, 2.75) is 19.4 Å². The van der Waals surface area contributed by atoms with Crippen LogP contribution in [0.2, 0.25) is 0 Å². The van der Waals surface area contributed by atoms with Gasteiger partial charge in [-0.05, 0) is 71.2 Å². The molecule has 33 heavy (non-hydrogen) atoms. The molecule has 0 aliphatic carbocycles. The molecule has 1 fully saturated rings. The third-order valence-corrected chi connectivity index (χ3v) is 6.99. The lowest BCUT2D eigenvalue weighted by Gasteiger charge is -2.30. The number of hydrogen-bond acceptors (Lipinski definition) is 3. The van der Waals surface area contributed by atoms with E-state index in [0.717, 1.165) is 53.3 Å². The molecular weight excluding hydrogens is 474 g/mol. The largest absolute Gasteiger partial charge is 0.299 e. The molecule has 0 atom stereocenters. The van der Waals surface area contributed by atoms with Crippen molar-refractivity contribution in [3.05, 3.63) is 94.5 Å². The van der Waals surface area contributed by atoms with Crippen molar-refractivity contribution in [1.82, 2.24) is 10.3 Å². The predicted molar refractivity (Wildman–Crippen MR) is 139 cm³/mol. The summed E-state index contributed by atoms with van der Waals surface area (Å²) in [5.74, 6) is 0.0201. The number of carbonyl (C=O) groups is 1. The van der Waals surface area contributed by atoms with Gasteiger partial charge in [-0.15, -0.1) is 0 Å². The van der Waals surface area contributed by atoms with Crippen LogP contribution in [0.15, 0.2) is 88.4 Å². The zero-order chi connectivity index (χ0) is 22.6. The molecule has 1 aliphatic rings. The molecule has 1 saturated heterocycles. The van der Waals surface area contributed by atoms with E-state index >= 15 is 0 Å². The molecule has 4 nitrogen and oxygen atoms in total. The van der Waals surface area contributed by atoms with Crippen LogP contribution < -0.4 is 5.43 Å². The van der Waals surface area contributed by atoms with Crippen LogP contribution in [0.4, 0.5) is 0 Å². The van der Waals surface area contributed by atoms with E-state index in [9.17, 15) is 4.79 Å². The van der Waals surface area contributed by atoms with E-state index in [1.807, 2.05) is 24.3 Å². The van der Waals surface area contributed by atoms with Crippen LogP contribution in [-0.4, -0.2) is 30.1 Å². The van der Waals surface area contributed by atoms with Crippen molar-refractivity contribution in [2.24, 2.45) is 11.0 Å². The van der Waals surface area contributed by atoms with Crippen molar-refractivity contribution in [3.63, 3.8) is 0 Å². The Morgan fingerprint density at radius 2 is 1.55 bits per heavy atom. The highest BCUT2D eigenvalue weighted by Crippen LogP contribution is 2.27. The van der Waals surface area contributed by atoms with E-state index in [0.29, 0.717) is 0 Å². The Morgan fingerprint density at radius 1 is 0.939 bits per heavy atom. The Balaban J connectivity index is 1.23. The predicted octanol–water partition coefficient (Wildman–Crippen LogP) is 6.12. The molecule has 0 aromatic heterocycles. The highest BCUT2D eigenvalue weighted by Gasteiger charge is 2.24. The maximum Gasteiger partial charge on any atom is 0.243 e. The molecule has 0 spiro atoms. The average Bonchev–Trinajstić information content (AvgIpc) is 2.85. The van der Waals surface area contributed by atoms with Crippen molar-refractivity contribution in [1.29, 1.82) is 0 Å². The van der Waals surface area contributed by atoms with Gasteiger partial charge in [-0.1, -0.05) is 76.6 Å². The standard InChI is InChI=1S/C28H26BrN3O/c29-24-11-9-20(10-12-24)19-32-15-13-21(14-16-32)28(33)31-30-18-27-25-7-3-1-5-22(25)17-23-6-2-4-8-26(23)27/h1-12,17-18,21H,13-16,19H2,(H,31,33)/b30-18-. The molecule has 4 aromatic carbocycles. The number of piperidine rings is 1. The number of fused-ring (bicyclic) bond motifs is 2. The lowest BCUT2D eigenvalue weighted by Crippen LogP contribution is -2.39. The fraction of sp³-hybridized carbons (Fsp3) is 0.214. The lowest BCUT2D eigenvalue weighted by molar-refractivity contribution is -0.126. The van der Waals surface area contributed by atoms with Crippen LogP contribution in [0.5, 0.6) is 0 Å². The second-order valence-electron chi connectivity index (χ2n) is 8.64. The summed E-state index contributed by atoms with van der Waals surface area (Å²) in [4.78, 5) is 15.2. The highest BCUT2D eigenvalue weighted by atomic mass is 79.9. The van der Waals surface area contributed by atoms with E-state index in [4.69, 9.17) is 0 Å². The fourth-order valence-electron chi connectivity index (χ4n) is 4.64. The van der Waals surface area contributed by atoms with Gasteiger partial charge in [-0.2, -0.15) is 5.10 Å². The Morgan fingerprint density at radius 3 is 2.18 bits per heavy atom. The van der Waals surface area contributed by atoms with Crippen molar-refractivity contribution >= 4 is 49.6 Å². The highest BCUT2D eigenvalue weighted by molar-refractivity contribution is 9.10. The Labute approximate surface area is 202 Å². The summed E-state index contributed by atoms with van der Waals surface area (Å²) in [7, 11) is 0. The summed E-state index contributed by atoms with van der Waals surface area (Å²) in [6.07, 6.45) is 3.51. The Kier molecular flexibility index (Phi) is 6.51. The number of likely N-dealkylation sites (tertiary alicyclic amines) is 1. The summed E-state index contributed by atoms with van der Waals surface area (Å²) in [6.45, 7) is 2.77. The van der Waals surface area contributed by atoms with E-state index in [1.54, 1.807) is 6.21 Å². The molecule has 166 valence electrons. The topological polar surface area (TPSA) is 44.7 Å². The first-order valence-corrected chi connectivity index (χ1v) is 12.2. The minimum atomic E-state index is 0.00702. The zero-order valence-electron chi connectivity index (χ0n) is 18.4. The smallest absolute Gasteiger partial charge is 0.243 e. The van der Waals surface area contributed by atoms with Gasteiger partial charge in [0.1, 0.15) is 0 Å². The van der Waals surface area contributed by atoms with Gasteiger partial charge < -0.3 is 0 Å². The maximum atomic E-state index is 12.8. The van der Waals surface area contributed by atoms with Gasteiger partial charge in [0.05, 0.1) is 6.21 Å². The summed E-state index contributed by atoms with van der Waals surface area (Å²) < 4.78 is 1.10. The van der Waals surface area contributed by atoms with E-state index < -0.39 is 0 Å². The van der Waals surface area contributed by atoms with Crippen LogP contribution >= 0.6 is 15.9 Å². The van der Waals surface area contributed by atoms with Gasteiger partial charge >= 0.3 is 0 Å². The minimum absolute atomic E-state index is 0.00702. The van der Waals surface area contributed by atoms with Gasteiger partial charge in [0, 0.05) is 22.5 Å². The summed E-state index contributed by atoms with van der Waals surface area (Å²) >= 11 is 3.48. The second kappa shape index (κ2) is 9.86. The van der Waals surface area contributed by atoms with Crippen LogP contribution in [0.25, 0.3) is 21.5 Å². The molecule has 0 saturated carbocycles. The van der Waals surface area contributed by atoms with Crippen LogP contribution in [0.3, 0.4) is 0 Å². The number of carbonyl (C=O) groups excluding carboxylic acids is 1. The first-order chi connectivity index (χ1) is 16.2. The molecule has 1 amide bonds. The van der Waals surface area contributed by atoms with Crippen LogP contribution in [0.1, 0.15) is 24.0 Å². The average molecular weight is 500 g/mol. The first-order valence-electron chi connectivity index (χ1n) is 11.4. The monoisotopic (exact) mass is 499 g/mol. The number of hydrogen-bond donors (Lipinski definition) is 1. The third-order valence-electron chi connectivity index (χ3n) is 6.46. The van der Waals surface area contributed by atoms with E-state index in [-0.39, 0.29) is 11.8 Å². The molecule has 5 rings (SSSR count).